The third kappa shape index (κ3) is 7.78. The van der Waals surface area contributed by atoms with Crippen LogP contribution in [-0.2, 0) is 15.0 Å². The van der Waals surface area contributed by atoms with Gasteiger partial charge >= 0.3 is 11.8 Å². The number of H-pyrrole nitrogens is 1. The van der Waals surface area contributed by atoms with E-state index < -0.39 is 5.91 Å². The molecular formula is C46H52N10O5. The predicted molar refractivity (Wildman–Crippen MR) is 233 cm³/mol. The van der Waals surface area contributed by atoms with Gasteiger partial charge in [0.2, 0.25) is 11.8 Å². The zero-order valence-corrected chi connectivity index (χ0v) is 35.5. The van der Waals surface area contributed by atoms with E-state index in [0.29, 0.717) is 24.7 Å². The van der Waals surface area contributed by atoms with Crippen LogP contribution in [0, 0.1) is 6.92 Å². The fourth-order valence-electron chi connectivity index (χ4n) is 9.19. The number of ether oxygens (including phenoxy) is 1. The molecule has 15 heteroatoms. The highest BCUT2D eigenvalue weighted by molar-refractivity contribution is 6.13. The van der Waals surface area contributed by atoms with E-state index in [-0.39, 0.29) is 35.1 Å². The fraction of sp³-hybridized carbons (Fsp3) is 0.413. The van der Waals surface area contributed by atoms with Crippen molar-refractivity contribution in [2.24, 2.45) is 0 Å². The van der Waals surface area contributed by atoms with E-state index in [1.54, 1.807) is 13.4 Å². The van der Waals surface area contributed by atoms with Crippen LogP contribution in [-0.4, -0.2) is 100 Å². The highest BCUT2D eigenvalue weighted by atomic mass is 16.5. The molecule has 3 saturated heterocycles. The van der Waals surface area contributed by atoms with Gasteiger partial charge in [-0.3, -0.25) is 24.6 Å². The van der Waals surface area contributed by atoms with E-state index in [1.807, 2.05) is 58.9 Å². The summed E-state index contributed by atoms with van der Waals surface area (Å²) in [6.45, 7) is 15.4. The molecule has 0 saturated carbocycles. The number of amides is 3. The number of piperazine rings is 1. The Labute approximate surface area is 354 Å². The van der Waals surface area contributed by atoms with Crippen molar-refractivity contribution in [2.45, 2.75) is 77.3 Å². The highest BCUT2D eigenvalue weighted by Gasteiger charge is 2.33. The van der Waals surface area contributed by atoms with Gasteiger partial charge in [-0.1, -0.05) is 50.2 Å². The molecule has 3 aromatic heterocycles. The molecule has 3 aliphatic rings. The number of anilines is 2. The number of hydrogen-bond donors (Lipinski definition) is 3. The average molecular weight is 825 g/mol. The molecular weight excluding hydrogens is 773 g/mol. The highest BCUT2D eigenvalue weighted by Crippen LogP contribution is 2.40. The Bertz CT molecular complexity index is 2660. The molecule has 0 bridgehead atoms. The largest absolute Gasteiger partial charge is 0.495 e. The van der Waals surface area contributed by atoms with Crippen LogP contribution in [0.1, 0.15) is 92.1 Å². The number of methoxy groups -OCH3 is 1. The maximum absolute atomic E-state index is 13.0. The number of imide groups is 1. The van der Waals surface area contributed by atoms with Crippen molar-refractivity contribution < 1.29 is 23.6 Å². The second-order valence-electron chi connectivity index (χ2n) is 17.6. The first-order chi connectivity index (χ1) is 29.3. The van der Waals surface area contributed by atoms with Crippen LogP contribution < -0.4 is 25.2 Å². The third-order valence-electron chi connectivity index (χ3n) is 12.5. The first-order valence-electron chi connectivity index (χ1n) is 21.1. The molecule has 61 heavy (non-hydrogen) atoms. The van der Waals surface area contributed by atoms with Crippen molar-refractivity contribution in [3.8, 4) is 17.0 Å². The van der Waals surface area contributed by atoms with E-state index in [9.17, 15) is 14.4 Å². The number of carbonyl (C=O) groups excluding carboxylic acids is 3. The summed E-state index contributed by atoms with van der Waals surface area (Å²) < 4.78 is 11.3. The summed E-state index contributed by atoms with van der Waals surface area (Å²) in [4.78, 5) is 62.0. The molecule has 3 N–H and O–H groups in total. The minimum atomic E-state index is -0.417. The summed E-state index contributed by atoms with van der Waals surface area (Å²) in [6.07, 6.45) is 3.59. The Morgan fingerprint density at radius 3 is 2.54 bits per heavy atom. The summed E-state index contributed by atoms with van der Waals surface area (Å²) >= 11 is 0. The Kier molecular flexibility index (Phi) is 10.5. The number of aromatic nitrogens is 5. The van der Waals surface area contributed by atoms with E-state index in [0.717, 1.165) is 113 Å². The van der Waals surface area contributed by atoms with Crippen molar-refractivity contribution in [1.82, 2.24) is 40.6 Å². The van der Waals surface area contributed by atoms with Crippen LogP contribution >= 0.6 is 0 Å². The molecule has 6 heterocycles. The zero-order chi connectivity index (χ0) is 42.6. The van der Waals surface area contributed by atoms with Gasteiger partial charge in [-0.2, -0.15) is 4.98 Å². The molecule has 0 aliphatic carbocycles. The Morgan fingerprint density at radius 1 is 0.984 bits per heavy atom. The second kappa shape index (κ2) is 15.9. The lowest BCUT2D eigenvalue weighted by atomic mass is 9.90. The summed E-state index contributed by atoms with van der Waals surface area (Å²) in [7, 11) is 1.72. The molecule has 3 atom stereocenters. The molecule has 15 nitrogen and oxygen atoms in total. The monoisotopic (exact) mass is 824 g/mol. The van der Waals surface area contributed by atoms with Gasteiger partial charge in [0.05, 0.1) is 41.4 Å². The van der Waals surface area contributed by atoms with Crippen LogP contribution in [0.15, 0.2) is 65.4 Å². The molecule has 316 valence electrons. The summed E-state index contributed by atoms with van der Waals surface area (Å²) in [6, 6.07) is 18.8. The molecule has 3 aromatic carbocycles. The van der Waals surface area contributed by atoms with Crippen LogP contribution in [0.2, 0.25) is 0 Å². The van der Waals surface area contributed by atoms with Crippen LogP contribution in [0.4, 0.5) is 11.4 Å². The van der Waals surface area contributed by atoms with Gasteiger partial charge in [0.25, 0.3) is 0 Å². The number of nitrogens with one attached hydrogen (secondary N) is 3. The first kappa shape index (κ1) is 40.1. The van der Waals surface area contributed by atoms with Crippen molar-refractivity contribution in [3.63, 3.8) is 0 Å². The average Bonchev–Trinajstić information content (AvgIpc) is 4.03. The predicted octanol–water partition coefficient (Wildman–Crippen LogP) is 6.19. The number of aryl methyl sites for hydroxylation is 1. The minimum Gasteiger partial charge on any atom is -0.495 e. The number of rotatable bonds is 9. The number of benzene rings is 3. The van der Waals surface area contributed by atoms with Crippen molar-refractivity contribution in [1.29, 1.82) is 0 Å². The van der Waals surface area contributed by atoms with Gasteiger partial charge in [0.15, 0.2) is 5.82 Å². The molecule has 6 aromatic rings. The third-order valence-corrected chi connectivity index (χ3v) is 12.5. The van der Waals surface area contributed by atoms with Gasteiger partial charge in [-0.05, 0) is 73.7 Å². The van der Waals surface area contributed by atoms with E-state index in [2.05, 4.69) is 75.8 Å². The number of nitrogens with zero attached hydrogens (tertiary/aromatic N) is 7. The van der Waals surface area contributed by atoms with Crippen LogP contribution in [0.25, 0.3) is 33.2 Å². The van der Waals surface area contributed by atoms with Gasteiger partial charge < -0.3 is 29.4 Å². The van der Waals surface area contributed by atoms with Crippen LogP contribution in [0.5, 0.6) is 5.75 Å². The van der Waals surface area contributed by atoms with Gasteiger partial charge in [0.1, 0.15) is 17.7 Å². The van der Waals surface area contributed by atoms with E-state index >= 15 is 0 Å². The Morgan fingerprint density at radius 2 is 1.80 bits per heavy atom. The maximum atomic E-state index is 13.0. The van der Waals surface area contributed by atoms with Gasteiger partial charge in [-0.25, -0.2) is 9.97 Å². The summed E-state index contributed by atoms with van der Waals surface area (Å²) in [5.74, 6) is 0.132. The Balaban J connectivity index is 0.883. The number of fused-ring (bicyclic) bond motifs is 3. The lowest BCUT2D eigenvalue weighted by molar-refractivity contribution is -0.134. The lowest BCUT2D eigenvalue weighted by Crippen LogP contribution is -2.51. The van der Waals surface area contributed by atoms with Gasteiger partial charge in [-0.15, -0.1) is 0 Å². The van der Waals surface area contributed by atoms with Crippen LogP contribution in [0.3, 0.4) is 0 Å². The standard InChI is InChI=1S/C46H52N10O5/c1-26-20-29(10-11-32(26)27(2)49-43(59)44-52-45(53-61-44)46(3,4)5)40-39-34-22-37(60-6)36(23-35(34)50-41(39)48-25-47-40)55-18-16-54(17-19-55)31-14-15-56(24-31)30-9-7-8-28(21-30)33-12-13-38(57)51-42(33)58/h7-11,20-23,25,27,31,33H,12-19,24H2,1-6H3,(H,49,59)(H,47,48,50)(H,51,57,58)/t27-,31?,33?/m1/s1. The first-order valence-corrected chi connectivity index (χ1v) is 21.1. The molecule has 3 fully saturated rings. The summed E-state index contributed by atoms with van der Waals surface area (Å²) in [5, 5.41) is 11.4. The molecule has 2 unspecified atom stereocenters. The molecule has 3 amide bonds. The van der Waals surface area contributed by atoms with Crippen molar-refractivity contribution in [2.75, 3.05) is 56.2 Å². The smallest absolute Gasteiger partial charge is 0.315 e. The molecule has 0 radical (unpaired) electrons. The quantitative estimate of drug-likeness (QED) is 0.141. The second-order valence-corrected chi connectivity index (χ2v) is 17.6. The van der Waals surface area contributed by atoms with E-state index in [1.165, 1.54) is 0 Å². The summed E-state index contributed by atoms with van der Waals surface area (Å²) in [5.41, 5.74) is 8.22. The number of hydrogen-bond acceptors (Lipinski definition) is 12. The molecule has 3 aliphatic heterocycles. The zero-order valence-electron chi connectivity index (χ0n) is 35.5. The molecule has 0 spiro atoms. The normalized spacial score (nSPS) is 19.4. The topological polar surface area (TPSA) is 175 Å². The van der Waals surface area contributed by atoms with Gasteiger partial charge in [0, 0.05) is 73.8 Å². The maximum Gasteiger partial charge on any atom is 0.315 e. The van der Waals surface area contributed by atoms with Crippen molar-refractivity contribution in [3.05, 3.63) is 89.3 Å². The Hall–Kier alpha value is -6.35. The number of piperidine rings is 1. The van der Waals surface area contributed by atoms with E-state index in [4.69, 9.17) is 14.2 Å². The molecule has 9 rings (SSSR count). The minimum absolute atomic E-state index is 0.0556. The fourth-order valence-corrected chi connectivity index (χ4v) is 9.19. The van der Waals surface area contributed by atoms with Crippen molar-refractivity contribution >= 4 is 51.0 Å². The number of aromatic amines is 1. The lowest BCUT2D eigenvalue weighted by Gasteiger charge is -2.39. The SMILES string of the molecule is COc1cc2c(cc1N1CCN(C3CCN(c4cccc(C5CCC(=O)NC5=O)c4)C3)CC1)[nH]c1ncnc(-c3ccc([C@@H](C)NC(=O)c4nc(C(C)(C)C)no4)c(C)c3)c12. The number of carbonyl (C=O) groups is 3.